The topological polar surface area (TPSA) is 15.8 Å². The minimum absolute atomic E-state index is 1.21. The van der Waals surface area contributed by atoms with Gasteiger partial charge in [0.05, 0.1) is 0 Å². The molecule has 0 spiro atoms. The van der Waals surface area contributed by atoms with Gasteiger partial charge >= 0.3 is 0 Å². The highest BCUT2D eigenvalue weighted by atomic mass is 32.1. The Morgan fingerprint density at radius 3 is 2.93 bits per heavy atom. The monoisotopic (exact) mass is 199 g/mol. The molecule has 1 nitrogen and oxygen atoms in total. The van der Waals surface area contributed by atoms with Crippen molar-refractivity contribution in [1.82, 2.24) is 4.98 Å². The minimum atomic E-state index is 1.21. The fraction of sp³-hybridized carbons (Fsp3) is 0. The van der Waals surface area contributed by atoms with Crippen LogP contribution in [0.3, 0.4) is 0 Å². The Balaban J connectivity index is 2.50. The highest BCUT2D eigenvalue weighted by molar-refractivity contribution is 7.19. The van der Waals surface area contributed by atoms with Gasteiger partial charge in [-0.2, -0.15) is 0 Å². The number of nitrogens with one attached hydrogen (secondary N) is 1. The fourth-order valence-electron chi connectivity index (χ4n) is 1.75. The van der Waals surface area contributed by atoms with Gasteiger partial charge in [-0.15, -0.1) is 11.3 Å². The average molecular weight is 199 g/mol. The number of aromatic nitrogens is 1. The van der Waals surface area contributed by atoms with Gasteiger partial charge in [0.15, 0.2) is 0 Å². The lowest BCUT2D eigenvalue weighted by molar-refractivity contribution is 1.58. The number of fused-ring (bicyclic) bond motifs is 3. The number of aromatic amines is 1. The van der Waals surface area contributed by atoms with Gasteiger partial charge in [0.1, 0.15) is 4.83 Å². The summed E-state index contributed by atoms with van der Waals surface area (Å²) in [6.07, 6.45) is 1.90. The van der Waals surface area contributed by atoms with E-state index in [4.69, 9.17) is 0 Å². The first-order valence-electron chi connectivity index (χ1n) is 4.51. The molecule has 0 bridgehead atoms. The van der Waals surface area contributed by atoms with Crippen LogP contribution < -0.4 is 0 Å². The van der Waals surface area contributed by atoms with E-state index < -0.39 is 0 Å². The predicted molar refractivity (Wildman–Crippen MR) is 63.8 cm³/mol. The minimum Gasteiger partial charge on any atom is -0.346 e. The van der Waals surface area contributed by atoms with Gasteiger partial charge in [0, 0.05) is 21.2 Å². The van der Waals surface area contributed by atoms with Crippen LogP contribution in [0.5, 0.6) is 0 Å². The lowest BCUT2D eigenvalue weighted by atomic mass is 10.2. The Morgan fingerprint density at radius 2 is 2.07 bits per heavy atom. The van der Waals surface area contributed by atoms with Crippen molar-refractivity contribution in [2.45, 2.75) is 0 Å². The quantitative estimate of drug-likeness (QED) is 0.609. The number of benzene rings is 1. The lowest BCUT2D eigenvalue weighted by Crippen LogP contribution is -1.64. The molecule has 0 saturated heterocycles. The number of H-pyrrole nitrogens is 1. The number of hydrogen-bond acceptors (Lipinski definition) is 1. The predicted octanol–water partition coefficient (Wildman–Crippen LogP) is 4.03. The average Bonchev–Trinajstić information content (AvgIpc) is 2.73. The summed E-state index contributed by atoms with van der Waals surface area (Å²) < 4.78 is 0. The Morgan fingerprint density at radius 1 is 1.21 bits per heavy atom. The molecule has 14 heavy (non-hydrogen) atoms. The number of hydrogen-bond donors (Lipinski definition) is 1. The van der Waals surface area contributed by atoms with Crippen LogP contribution in [-0.2, 0) is 0 Å². The SMILES string of the molecule is C=Cc1cc2c([nH]c3ccccc32)s1. The van der Waals surface area contributed by atoms with Crippen LogP contribution in [0.15, 0.2) is 36.9 Å². The summed E-state index contributed by atoms with van der Waals surface area (Å²) in [5.74, 6) is 0. The van der Waals surface area contributed by atoms with E-state index in [1.165, 1.54) is 26.0 Å². The molecule has 1 aromatic carbocycles. The lowest BCUT2D eigenvalue weighted by Gasteiger charge is -1.86. The molecule has 3 aromatic rings. The van der Waals surface area contributed by atoms with Gasteiger partial charge in [0.2, 0.25) is 0 Å². The first-order valence-corrected chi connectivity index (χ1v) is 5.33. The molecule has 2 aromatic heterocycles. The molecule has 1 N–H and O–H groups in total. The summed E-state index contributed by atoms with van der Waals surface area (Å²) in [5, 5.41) is 2.60. The highest BCUT2D eigenvalue weighted by Gasteiger charge is 2.05. The molecular weight excluding hydrogens is 190 g/mol. The number of thiophene rings is 1. The zero-order valence-electron chi connectivity index (χ0n) is 7.58. The zero-order chi connectivity index (χ0) is 9.54. The summed E-state index contributed by atoms with van der Waals surface area (Å²) in [7, 11) is 0. The van der Waals surface area contributed by atoms with Gasteiger partial charge in [-0.1, -0.05) is 30.9 Å². The zero-order valence-corrected chi connectivity index (χ0v) is 8.40. The molecule has 3 rings (SSSR count). The molecule has 0 atom stereocenters. The fourth-order valence-corrected chi connectivity index (χ4v) is 2.69. The van der Waals surface area contributed by atoms with Crippen molar-refractivity contribution in [3.63, 3.8) is 0 Å². The highest BCUT2D eigenvalue weighted by Crippen LogP contribution is 2.32. The summed E-state index contributed by atoms with van der Waals surface area (Å²) in [5.41, 5.74) is 1.21. The van der Waals surface area contributed by atoms with Crippen molar-refractivity contribution in [3.8, 4) is 0 Å². The standard InChI is InChI=1S/C12H9NS/c1-2-8-7-10-9-5-3-4-6-11(9)13-12(10)14-8/h2-7,13H,1H2. The van der Waals surface area contributed by atoms with Crippen molar-refractivity contribution < 1.29 is 0 Å². The first kappa shape index (κ1) is 7.83. The van der Waals surface area contributed by atoms with Crippen molar-refractivity contribution in [3.05, 3.63) is 41.8 Å². The number of para-hydroxylation sites is 1. The van der Waals surface area contributed by atoms with Crippen molar-refractivity contribution in [2.75, 3.05) is 0 Å². The van der Waals surface area contributed by atoms with Crippen molar-refractivity contribution >= 4 is 38.5 Å². The molecule has 0 aliphatic rings. The van der Waals surface area contributed by atoms with E-state index >= 15 is 0 Å². The second-order valence-electron chi connectivity index (χ2n) is 3.27. The van der Waals surface area contributed by atoms with E-state index in [9.17, 15) is 0 Å². The van der Waals surface area contributed by atoms with Gasteiger partial charge in [0.25, 0.3) is 0 Å². The molecular formula is C12H9NS. The van der Waals surface area contributed by atoms with Crippen LogP contribution >= 0.6 is 11.3 Å². The molecule has 2 heterocycles. The Kier molecular flexibility index (Phi) is 1.52. The van der Waals surface area contributed by atoms with Crippen molar-refractivity contribution in [2.24, 2.45) is 0 Å². The first-order chi connectivity index (χ1) is 6.88. The molecule has 0 unspecified atom stereocenters. The maximum atomic E-state index is 3.78. The van der Waals surface area contributed by atoms with Gasteiger partial charge in [-0.05, 0) is 12.1 Å². The molecule has 0 fully saturated rings. The second-order valence-corrected chi connectivity index (χ2v) is 4.35. The van der Waals surface area contributed by atoms with E-state index in [1.807, 2.05) is 6.08 Å². The van der Waals surface area contributed by atoms with Gasteiger partial charge in [-0.3, -0.25) is 0 Å². The summed E-state index contributed by atoms with van der Waals surface area (Å²) >= 11 is 1.75. The van der Waals surface area contributed by atoms with Crippen LogP contribution in [-0.4, -0.2) is 4.98 Å². The van der Waals surface area contributed by atoms with Gasteiger partial charge in [-0.25, -0.2) is 0 Å². The largest absolute Gasteiger partial charge is 0.346 e. The van der Waals surface area contributed by atoms with Crippen LogP contribution in [0.2, 0.25) is 0 Å². The second kappa shape index (κ2) is 2.72. The summed E-state index contributed by atoms with van der Waals surface area (Å²) in [4.78, 5) is 5.86. The van der Waals surface area contributed by atoms with E-state index in [-0.39, 0.29) is 0 Å². The van der Waals surface area contributed by atoms with E-state index in [2.05, 4.69) is 41.9 Å². The van der Waals surface area contributed by atoms with Crippen LogP contribution in [0.4, 0.5) is 0 Å². The molecule has 0 amide bonds. The summed E-state index contributed by atoms with van der Waals surface area (Å²) in [6.45, 7) is 3.78. The van der Waals surface area contributed by atoms with Gasteiger partial charge < -0.3 is 4.98 Å². The van der Waals surface area contributed by atoms with E-state index in [1.54, 1.807) is 11.3 Å². The van der Waals surface area contributed by atoms with Crippen LogP contribution in [0.25, 0.3) is 27.2 Å². The van der Waals surface area contributed by atoms with Crippen molar-refractivity contribution in [1.29, 1.82) is 0 Å². The smallest absolute Gasteiger partial charge is 0.101 e. The molecule has 0 aliphatic carbocycles. The molecule has 0 aliphatic heterocycles. The third kappa shape index (κ3) is 0.946. The van der Waals surface area contributed by atoms with E-state index in [0.29, 0.717) is 0 Å². The molecule has 0 saturated carbocycles. The van der Waals surface area contributed by atoms with Crippen LogP contribution in [0.1, 0.15) is 4.88 Å². The maximum Gasteiger partial charge on any atom is 0.101 e. The Hall–Kier alpha value is -1.54. The molecule has 0 radical (unpaired) electrons. The summed E-state index contributed by atoms with van der Waals surface area (Å²) in [6, 6.07) is 10.6. The maximum absolute atomic E-state index is 3.78. The molecule has 2 heteroatoms. The number of rotatable bonds is 1. The molecule has 68 valence electrons. The Bertz CT molecular complexity index is 615. The van der Waals surface area contributed by atoms with Crippen LogP contribution in [0, 0.1) is 0 Å². The normalized spacial score (nSPS) is 11.1. The third-order valence-electron chi connectivity index (χ3n) is 2.42. The Labute approximate surface area is 85.7 Å². The third-order valence-corrected chi connectivity index (χ3v) is 3.46. The van der Waals surface area contributed by atoms with E-state index in [0.717, 1.165) is 0 Å².